The summed E-state index contributed by atoms with van der Waals surface area (Å²) in [4.78, 5) is 31.1. The molecule has 2 aliphatic heterocycles. The van der Waals surface area contributed by atoms with Crippen LogP contribution in [0.5, 0.6) is 0 Å². The Morgan fingerprint density at radius 3 is 2.57 bits per heavy atom. The van der Waals surface area contributed by atoms with Crippen LogP contribution in [0.15, 0.2) is 46.8 Å². The highest BCUT2D eigenvalue weighted by Gasteiger charge is 2.49. The van der Waals surface area contributed by atoms with Crippen LogP contribution in [0.3, 0.4) is 0 Å². The zero-order valence-electron chi connectivity index (χ0n) is 15.1. The van der Waals surface area contributed by atoms with Crippen LogP contribution in [0.25, 0.3) is 0 Å². The maximum absolute atomic E-state index is 12.5. The van der Waals surface area contributed by atoms with E-state index in [1.54, 1.807) is 24.3 Å². The van der Waals surface area contributed by atoms with Crippen LogP contribution >= 0.6 is 23.1 Å². The predicted octanol–water partition coefficient (Wildman–Crippen LogP) is 2.79. The number of amides is 1. The number of Topliss-reactive ketones (excluding diaryl/α,β-unsaturated/α-hetero) is 1. The number of carbonyl (C=O) groups is 2. The number of fused-ring (bicyclic) bond motifs is 1. The van der Waals surface area contributed by atoms with Crippen LogP contribution in [0.1, 0.15) is 22.2 Å². The van der Waals surface area contributed by atoms with E-state index in [1.165, 1.54) is 30.0 Å². The highest BCUT2D eigenvalue weighted by Crippen LogP contribution is 2.41. The average Bonchev–Trinajstić information content (AvgIpc) is 3.29. The maximum atomic E-state index is 12.5. The first-order valence-electron chi connectivity index (χ1n) is 8.73. The van der Waals surface area contributed by atoms with Crippen LogP contribution in [-0.2, 0) is 21.1 Å². The summed E-state index contributed by atoms with van der Waals surface area (Å²) in [5.41, 5.74) is 1.32. The molecule has 9 heteroatoms. The molecule has 2 aromatic rings. The third-order valence-electron chi connectivity index (χ3n) is 4.74. The molecule has 0 radical (unpaired) electrons. The Bertz CT molecular complexity index is 1040. The third kappa shape index (κ3) is 3.92. The lowest BCUT2D eigenvalue weighted by Crippen LogP contribution is -2.37. The summed E-state index contributed by atoms with van der Waals surface area (Å²) in [6.45, 7) is 1.50. The lowest BCUT2D eigenvalue weighted by Gasteiger charge is -2.24. The van der Waals surface area contributed by atoms with Crippen molar-refractivity contribution in [2.45, 2.75) is 24.6 Å². The molecule has 0 saturated carbocycles. The van der Waals surface area contributed by atoms with Crippen molar-refractivity contribution >= 4 is 55.5 Å². The van der Waals surface area contributed by atoms with Crippen LogP contribution in [-0.4, -0.2) is 48.1 Å². The minimum Gasteiger partial charge on any atom is -0.316 e. The molecule has 1 aromatic carbocycles. The fraction of sp³-hybridized carbons (Fsp3) is 0.316. The minimum atomic E-state index is -3.12. The van der Waals surface area contributed by atoms with Crippen molar-refractivity contribution in [1.82, 2.24) is 0 Å². The molecule has 0 unspecified atom stereocenters. The monoisotopic (exact) mass is 434 g/mol. The molecule has 0 spiro atoms. The molecule has 1 aromatic heterocycles. The Labute approximate surface area is 171 Å². The van der Waals surface area contributed by atoms with Crippen molar-refractivity contribution in [3.05, 3.63) is 52.2 Å². The first-order valence-corrected chi connectivity index (χ1v) is 12.3. The molecule has 0 N–H and O–H groups in total. The van der Waals surface area contributed by atoms with Crippen molar-refractivity contribution in [2.75, 3.05) is 16.4 Å². The Hall–Kier alpha value is -1.97. The summed E-state index contributed by atoms with van der Waals surface area (Å²) < 4.78 is 24.2. The number of anilines is 1. The molecule has 4 rings (SSSR count). The van der Waals surface area contributed by atoms with Gasteiger partial charge in [-0.15, -0.1) is 11.3 Å². The minimum absolute atomic E-state index is 0.0383. The average molecular weight is 435 g/mol. The topological polar surface area (TPSA) is 83.9 Å². The van der Waals surface area contributed by atoms with Gasteiger partial charge in [-0.05, 0) is 42.6 Å². The Balaban J connectivity index is 1.66. The van der Waals surface area contributed by atoms with Gasteiger partial charge in [-0.1, -0.05) is 17.8 Å². The van der Waals surface area contributed by atoms with Gasteiger partial charge in [0.05, 0.1) is 24.0 Å². The van der Waals surface area contributed by atoms with Gasteiger partial charge >= 0.3 is 0 Å². The maximum Gasteiger partial charge on any atom is 0.253 e. The fourth-order valence-corrected chi connectivity index (χ4v) is 8.06. The largest absolute Gasteiger partial charge is 0.316 e. The lowest BCUT2D eigenvalue weighted by molar-refractivity contribution is -0.117. The van der Waals surface area contributed by atoms with E-state index in [2.05, 4.69) is 4.99 Å². The van der Waals surface area contributed by atoms with E-state index in [0.29, 0.717) is 10.7 Å². The molecular formula is C19H18N2O4S3. The highest BCUT2D eigenvalue weighted by molar-refractivity contribution is 8.16. The zero-order valence-corrected chi connectivity index (χ0v) is 17.5. The lowest BCUT2D eigenvalue weighted by atomic mass is 10.1. The number of amidine groups is 1. The van der Waals surface area contributed by atoms with E-state index < -0.39 is 9.84 Å². The number of nitrogens with zero attached hydrogens (tertiary/aromatic N) is 2. The number of benzene rings is 1. The molecule has 146 valence electrons. The van der Waals surface area contributed by atoms with E-state index in [9.17, 15) is 18.0 Å². The number of ketones is 1. The van der Waals surface area contributed by atoms with Crippen LogP contribution < -0.4 is 4.90 Å². The first-order chi connectivity index (χ1) is 13.3. The number of carbonyl (C=O) groups excluding carboxylic acids is 2. The molecule has 6 nitrogen and oxygen atoms in total. The Morgan fingerprint density at radius 1 is 1.18 bits per heavy atom. The smallest absolute Gasteiger partial charge is 0.253 e. The van der Waals surface area contributed by atoms with Crippen molar-refractivity contribution in [2.24, 2.45) is 4.99 Å². The van der Waals surface area contributed by atoms with E-state index in [1.807, 2.05) is 22.4 Å². The van der Waals surface area contributed by atoms with E-state index in [0.717, 1.165) is 10.6 Å². The second-order valence-corrected chi connectivity index (χ2v) is 11.2. The Kier molecular flexibility index (Phi) is 5.15. The zero-order chi connectivity index (χ0) is 19.9. The molecule has 2 saturated heterocycles. The number of aliphatic imine (C=N–C) groups is 1. The molecule has 28 heavy (non-hydrogen) atoms. The second-order valence-electron chi connectivity index (χ2n) is 6.82. The number of sulfone groups is 1. The summed E-state index contributed by atoms with van der Waals surface area (Å²) in [6.07, 6.45) is 0.229. The molecule has 0 aliphatic carbocycles. The van der Waals surface area contributed by atoms with Gasteiger partial charge in [-0.2, -0.15) is 4.99 Å². The number of hydrogen-bond donors (Lipinski definition) is 0. The quantitative estimate of drug-likeness (QED) is 0.688. The van der Waals surface area contributed by atoms with Gasteiger partial charge in [0.2, 0.25) is 0 Å². The van der Waals surface area contributed by atoms with Gasteiger partial charge in [0.15, 0.2) is 20.8 Å². The summed E-state index contributed by atoms with van der Waals surface area (Å²) in [6, 6.07) is 10.5. The molecule has 2 atom stereocenters. The number of thioether (sulfide) groups is 1. The van der Waals surface area contributed by atoms with Crippen molar-refractivity contribution in [1.29, 1.82) is 0 Å². The van der Waals surface area contributed by atoms with Crippen LogP contribution in [0.2, 0.25) is 0 Å². The fourth-order valence-electron chi connectivity index (χ4n) is 3.43. The number of hydrogen-bond acceptors (Lipinski definition) is 6. The summed E-state index contributed by atoms with van der Waals surface area (Å²) in [5, 5.41) is 2.30. The molecular weight excluding hydrogens is 416 g/mol. The van der Waals surface area contributed by atoms with Gasteiger partial charge in [-0.3, -0.25) is 9.59 Å². The van der Waals surface area contributed by atoms with Crippen LogP contribution in [0.4, 0.5) is 5.69 Å². The SMILES string of the molecule is CC(=O)c1ccc(N2C(=NC(=O)Cc3cccs3)S[C@H]3CS(=O)(=O)C[C@H]32)cc1. The predicted molar refractivity (Wildman–Crippen MR) is 113 cm³/mol. The van der Waals surface area contributed by atoms with Crippen LogP contribution in [0, 0.1) is 0 Å². The number of thiophene rings is 1. The number of rotatable bonds is 4. The van der Waals surface area contributed by atoms with Gasteiger partial charge in [0.1, 0.15) is 0 Å². The highest BCUT2D eigenvalue weighted by atomic mass is 32.2. The van der Waals surface area contributed by atoms with Crippen molar-refractivity contribution in [3.8, 4) is 0 Å². The van der Waals surface area contributed by atoms with Gasteiger partial charge in [0, 0.05) is 21.4 Å². The molecule has 3 heterocycles. The van der Waals surface area contributed by atoms with E-state index in [4.69, 9.17) is 0 Å². The Morgan fingerprint density at radius 2 is 1.93 bits per heavy atom. The molecule has 2 fully saturated rings. The van der Waals surface area contributed by atoms with Crippen molar-refractivity contribution in [3.63, 3.8) is 0 Å². The normalized spacial score (nSPS) is 24.5. The second kappa shape index (κ2) is 7.46. The summed E-state index contributed by atoms with van der Waals surface area (Å²) in [7, 11) is -3.12. The summed E-state index contributed by atoms with van der Waals surface area (Å²) in [5.74, 6) is -0.165. The third-order valence-corrected chi connectivity index (χ3v) is 8.83. The van der Waals surface area contributed by atoms with Gasteiger partial charge in [-0.25, -0.2) is 8.42 Å². The molecule has 1 amide bonds. The first kappa shape index (κ1) is 19.4. The van der Waals surface area contributed by atoms with Crippen molar-refractivity contribution < 1.29 is 18.0 Å². The molecule has 0 bridgehead atoms. The van der Waals surface area contributed by atoms with E-state index in [-0.39, 0.29) is 40.9 Å². The van der Waals surface area contributed by atoms with E-state index >= 15 is 0 Å². The van der Waals surface area contributed by atoms with Gasteiger partial charge < -0.3 is 4.90 Å². The molecule has 2 aliphatic rings. The van der Waals surface area contributed by atoms with Gasteiger partial charge in [0.25, 0.3) is 5.91 Å². The summed E-state index contributed by atoms with van der Waals surface area (Å²) >= 11 is 2.86. The standard InChI is InChI=1S/C19H18N2O4S3/c1-12(22)13-4-6-14(7-5-13)21-16-10-28(24,25)11-17(16)27-19(21)20-18(23)9-15-3-2-8-26-15/h2-8,16-17H,9-11H2,1H3/t16-,17+/m1/s1.